The third-order valence-electron chi connectivity index (χ3n) is 7.05. The summed E-state index contributed by atoms with van der Waals surface area (Å²) >= 11 is 0. The van der Waals surface area contributed by atoms with E-state index < -0.39 is 0 Å². The summed E-state index contributed by atoms with van der Waals surface area (Å²) in [4.78, 5) is 27.0. The number of carbonyl (C=O) groups is 1. The number of pyridine rings is 2. The molecule has 0 radical (unpaired) electrons. The topological polar surface area (TPSA) is 92.1 Å². The molecule has 1 aliphatic rings. The lowest BCUT2D eigenvalue weighted by Gasteiger charge is -2.24. The SMILES string of the molecule is CNCc1nc(N(C)C(C)C)cc2c1CN(c1cccc(-c3nncn3C(C)c3ccccc3F)n1)C2=O. The van der Waals surface area contributed by atoms with Crippen LogP contribution in [0.5, 0.6) is 0 Å². The zero-order valence-corrected chi connectivity index (χ0v) is 22.2. The highest BCUT2D eigenvalue weighted by Crippen LogP contribution is 2.33. The van der Waals surface area contributed by atoms with Crippen molar-refractivity contribution in [1.82, 2.24) is 30.0 Å². The minimum absolute atomic E-state index is 0.121. The van der Waals surface area contributed by atoms with E-state index >= 15 is 0 Å². The lowest BCUT2D eigenvalue weighted by Crippen LogP contribution is -2.27. The maximum Gasteiger partial charge on any atom is 0.260 e. The van der Waals surface area contributed by atoms with Crippen molar-refractivity contribution in [3.8, 4) is 11.5 Å². The average Bonchev–Trinajstić information content (AvgIpc) is 3.54. The molecule has 0 saturated carbocycles. The van der Waals surface area contributed by atoms with Gasteiger partial charge in [0.15, 0.2) is 5.82 Å². The molecule has 0 bridgehead atoms. The number of hydrogen-bond acceptors (Lipinski definition) is 7. The molecule has 10 heteroatoms. The van der Waals surface area contributed by atoms with Crippen molar-refractivity contribution >= 4 is 17.5 Å². The minimum atomic E-state index is -0.351. The van der Waals surface area contributed by atoms with E-state index in [9.17, 15) is 9.18 Å². The Labute approximate surface area is 221 Å². The molecule has 1 aliphatic heterocycles. The Bertz CT molecular complexity index is 1480. The number of nitrogens with zero attached hydrogens (tertiary/aromatic N) is 7. The summed E-state index contributed by atoms with van der Waals surface area (Å²) in [6.45, 7) is 6.98. The van der Waals surface area contributed by atoms with E-state index in [0.717, 1.165) is 17.1 Å². The monoisotopic (exact) mass is 514 g/mol. The molecular weight excluding hydrogens is 483 g/mol. The van der Waals surface area contributed by atoms with Crippen LogP contribution in [0, 0.1) is 5.82 Å². The number of aromatic nitrogens is 5. The number of hydrogen-bond donors (Lipinski definition) is 1. The average molecular weight is 515 g/mol. The van der Waals surface area contributed by atoms with E-state index in [-0.39, 0.29) is 23.8 Å². The van der Waals surface area contributed by atoms with Gasteiger partial charge in [0.05, 0.1) is 23.8 Å². The fraction of sp³-hybridized carbons (Fsp3) is 0.321. The predicted octanol–water partition coefficient (Wildman–Crippen LogP) is 4.21. The molecule has 9 nitrogen and oxygen atoms in total. The Morgan fingerprint density at radius 3 is 2.63 bits per heavy atom. The minimum Gasteiger partial charge on any atom is -0.357 e. The van der Waals surface area contributed by atoms with E-state index in [4.69, 9.17) is 9.97 Å². The molecule has 0 saturated heterocycles. The molecule has 1 atom stereocenters. The number of benzene rings is 1. The van der Waals surface area contributed by atoms with Gasteiger partial charge in [0.25, 0.3) is 5.91 Å². The molecular formula is C28H31FN8O. The Morgan fingerprint density at radius 2 is 1.89 bits per heavy atom. The summed E-state index contributed by atoms with van der Waals surface area (Å²) in [7, 11) is 3.84. The molecule has 4 aromatic rings. The summed E-state index contributed by atoms with van der Waals surface area (Å²) in [5.74, 6) is 1.34. The number of nitrogens with one attached hydrogen (secondary N) is 1. The first kappa shape index (κ1) is 25.5. The van der Waals surface area contributed by atoms with Gasteiger partial charge in [-0.05, 0) is 52.1 Å². The molecule has 1 aromatic carbocycles. The smallest absolute Gasteiger partial charge is 0.260 e. The molecule has 4 heterocycles. The normalized spacial score (nSPS) is 13.8. The second kappa shape index (κ2) is 10.3. The van der Waals surface area contributed by atoms with Gasteiger partial charge in [0.1, 0.15) is 29.5 Å². The number of fused-ring (bicyclic) bond motifs is 1. The van der Waals surface area contributed by atoms with Crippen LogP contribution < -0.4 is 15.1 Å². The number of rotatable bonds is 8. The van der Waals surface area contributed by atoms with Crippen molar-refractivity contribution in [2.24, 2.45) is 0 Å². The second-order valence-corrected chi connectivity index (χ2v) is 9.72. The largest absolute Gasteiger partial charge is 0.357 e. The van der Waals surface area contributed by atoms with Crippen LogP contribution in [0.15, 0.2) is 54.9 Å². The summed E-state index contributed by atoms with van der Waals surface area (Å²) in [5.41, 5.74) is 3.45. The maximum absolute atomic E-state index is 14.5. The number of halogens is 1. The highest BCUT2D eigenvalue weighted by Gasteiger charge is 2.33. The van der Waals surface area contributed by atoms with Crippen molar-refractivity contribution in [2.75, 3.05) is 23.9 Å². The van der Waals surface area contributed by atoms with Gasteiger partial charge in [0, 0.05) is 30.8 Å². The highest BCUT2D eigenvalue weighted by atomic mass is 19.1. The Balaban J connectivity index is 1.49. The highest BCUT2D eigenvalue weighted by molar-refractivity contribution is 6.10. The lowest BCUT2D eigenvalue weighted by atomic mass is 10.1. The van der Waals surface area contributed by atoms with Crippen LogP contribution in [0.4, 0.5) is 16.0 Å². The van der Waals surface area contributed by atoms with Crippen LogP contribution in [0.1, 0.15) is 54.0 Å². The van der Waals surface area contributed by atoms with Crippen LogP contribution in [0.25, 0.3) is 11.5 Å². The van der Waals surface area contributed by atoms with Gasteiger partial charge in [-0.3, -0.25) is 9.69 Å². The quantitative estimate of drug-likeness (QED) is 0.377. The van der Waals surface area contributed by atoms with E-state index in [2.05, 4.69) is 34.3 Å². The first-order valence-corrected chi connectivity index (χ1v) is 12.6. The Kier molecular flexibility index (Phi) is 6.90. The fourth-order valence-electron chi connectivity index (χ4n) is 4.67. The molecule has 1 N–H and O–H groups in total. The summed E-state index contributed by atoms with van der Waals surface area (Å²) in [6.07, 6.45) is 1.57. The van der Waals surface area contributed by atoms with Crippen LogP contribution in [-0.4, -0.2) is 50.8 Å². The first-order valence-electron chi connectivity index (χ1n) is 12.6. The van der Waals surface area contributed by atoms with Gasteiger partial charge in [-0.2, -0.15) is 0 Å². The molecule has 0 spiro atoms. The number of carbonyl (C=O) groups excluding carboxylic acids is 1. The second-order valence-electron chi connectivity index (χ2n) is 9.72. The lowest BCUT2D eigenvalue weighted by molar-refractivity contribution is 0.0996. The van der Waals surface area contributed by atoms with Crippen LogP contribution in [0.2, 0.25) is 0 Å². The number of amides is 1. The zero-order valence-electron chi connectivity index (χ0n) is 22.2. The van der Waals surface area contributed by atoms with E-state index in [1.165, 1.54) is 6.07 Å². The van der Waals surface area contributed by atoms with Crippen LogP contribution in [0.3, 0.4) is 0 Å². The molecule has 1 amide bonds. The summed E-state index contributed by atoms with van der Waals surface area (Å²) < 4.78 is 16.3. The van der Waals surface area contributed by atoms with Crippen LogP contribution in [-0.2, 0) is 13.1 Å². The predicted molar refractivity (Wildman–Crippen MR) is 145 cm³/mol. The van der Waals surface area contributed by atoms with Crippen molar-refractivity contribution in [3.63, 3.8) is 0 Å². The Morgan fingerprint density at radius 1 is 1.11 bits per heavy atom. The van der Waals surface area contributed by atoms with E-state index in [1.54, 1.807) is 40.1 Å². The van der Waals surface area contributed by atoms with Gasteiger partial charge in [-0.15, -0.1) is 10.2 Å². The first-order chi connectivity index (χ1) is 18.3. The van der Waals surface area contributed by atoms with Crippen molar-refractivity contribution < 1.29 is 9.18 Å². The summed E-state index contributed by atoms with van der Waals surface area (Å²) in [5, 5.41) is 11.5. The van der Waals surface area contributed by atoms with Crippen molar-refractivity contribution in [2.45, 2.75) is 45.9 Å². The molecule has 0 aliphatic carbocycles. The molecule has 38 heavy (non-hydrogen) atoms. The molecule has 0 fully saturated rings. The van der Waals surface area contributed by atoms with Crippen LogP contribution >= 0.6 is 0 Å². The van der Waals surface area contributed by atoms with Gasteiger partial charge < -0.3 is 14.8 Å². The fourth-order valence-corrected chi connectivity index (χ4v) is 4.67. The standard InChI is InChI=1S/C28H31FN8O/c1-17(2)35(5)26-13-20-21(24(33-26)14-30-4)15-36(28(20)38)25-12-8-11-23(32-25)27-34-31-16-37(27)18(3)19-9-6-7-10-22(19)29/h6-13,16-18,30H,14-15H2,1-5H3. The van der Waals surface area contributed by atoms with Crippen molar-refractivity contribution in [1.29, 1.82) is 0 Å². The third-order valence-corrected chi connectivity index (χ3v) is 7.05. The van der Waals surface area contributed by atoms with Gasteiger partial charge >= 0.3 is 0 Å². The Hall–Kier alpha value is -4.18. The molecule has 1 unspecified atom stereocenters. The maximum atomic E-state index is 14.5. The van der Waals surface area contributed by atoms with Crippen molar-refractivity contribution in [3.05, 3.63) is 83.1 Å². The summed E-state index contributed by atoms with van der Waals surface area (Å²) in [6, 6.07) is 13.9. The zero-order chi connectivity index (χ0) is 27.0. The van der Waals surface area contributed by atoms with E-state index in [1.807, 2.05) is 39.2 Å². The molecule has 3 aromatic heterocycles. The number of anilines is 2. The molecule has 196 valence electrons. The van der Waals surface area contributed by atoms with E-state index in [0.29, 0.717) is 41.6 Å². The third kappa shape index (κ3) is 4.51. The van der Waals surface area contributed by atoms with Gasteiger partial charge in [-0.25, -0.2) is 14.4 Å². The molecule has 5 rings (SSSR count). The van der Waals surface area contributed by atoms with Gasteiger partial charge in [0.2, 0.25) is 0 Å². The van der Waals surface area contributed by atoms with Gasteiger partial charge in [-0.1, -0.05) is 24.3 Å².